The zero-order chi connectivity index (χ0) is 23.0. The molecule has 5 nitrogen and oxygen atoms in total. The third kappa shape index (κ3) is 13.4. The van der Waals surface area contributed by atoms with Gasteiger partial charge in [-0.15, -0.1) is 0 Å². The molecule has 0 unspecified atom stereocenters. The molecule has 0 bridgehead atoms. The Balaban J connectivity index is 2.12. The molecule has 0 aromatic heterocycles. The summed E-state index contributed by atoms with van der Waals surface area (Å²) in [5.74, 6) is 0. The normalized spacial score (nSPS) is 12.2. The van der Waals surface area contributed by atoms with Crippen molar-refractivity contribution in [2.75, 3.05) is 0 Å². The fourth-order valence-electron chi connectivity index (χ4n) is 3.61. The number of aryl methyl sites for hydroxylation is 1. The lowest BCUT2D eigenvalue weighted by atomic mass is 10.1. The summed E-state index contributed by atoms with van der Waals surface area (Å²) in [4.78, 5) is -0.484. The molecule has 0 aliphatic rings. The lowest BCUT2D eigenvalue weighted by molar-refractivity contribution is 0.482. The molecule has 1 aromatic carbocycles. The van der Waals surface area contributed by atoms with Gasteiger partial charge in [0.1, 0.15) is 4.90 Å². The summed E-state index contributed by atoms with van der Waals surface area (Å²) < 4.78 is 54.3. The van der Waals surface area contributed by atoms with Crippen molar-refractivity contribution in [3.63, 3.8) is 0 Å². The molecule has 0 atom stereocenters. The minimum absolute atomic E-state index is 0.269. The molecule has 1 N–H and O–H groups in total. The van der Waals surface area contributed by atoms with Crippen molar-refractivity contribution >= 4 is 29.9 Å². The van der Waals surface area contributed by atoms with Crippen molar-refractivity contribution in [3.8, 4) is 0 Å². The van der Waals surface area contributed by atoms with Crippen molar-refractivity contribution in [2.24, 2.45) is 0 Å². The van der Waals surface area contributed by atoms with Crippen LogP contribution in [0.25, 0.3) is 0 Å². The smallest absolute Gasteiger partial charge is 0.282 e. The Morgan fingerprint density at radius 2 is 1.32 bits per heavy atom. The van der Waals surface area contributed by atoms with Gasteiger partial charge in [-0.1, -0.05) is 82.9 Å². The van der Waals surface area contributed by atoms with E-state index in [-0.39, 0.29) is 3.57 Å². The van der Waals surface area contributed by atoms with Gasteiger partial charge in [-0.25, -0.2) is 6.14 Å². The molecule has 0 heterocycles. The highest BCUT2D eigenvalue weighted by Crippen LogP contribution is 2.27. The fourth-order valence-corrected chi connectivity index (χ4v) is 6.54. The summed E-state index contributed by atoms with van der Waals surface area (Å²) in [5.41, 5.74) is 0.736. The van der Waals surface area contributed by atoms with Crippen LogP contribution in [0.5, 0.6) is 0 Å². The Bertz CT molecular complexity index is 820. The molecule has 1 aromatic rings. The van der Waals surface area contributed by atoms with Gasteiger partial charge in [0.15, 0.2) is 0 Å². The topological polar surface area (TPSA) is 88.5 Å². The zero-order valence-electron chi connectivity index (χ0n) is 18.9. The van der Waals surface area contributed by atoms with Crippen molar-refractivity contribution in [1.82, 2.24) is 0 Å². The van der Waals surface area contributed by atoms with Crippen molar-refractivity contribution in [3.05, 3.63) is 39.5 Å². The van der Waals surface area contributed by atoms with E-state index in [0.29, 0.717) is 6.42 Å². The van der Waals surface area contributed by atoms with Gasteiger partial charge in [-0.3, -0.25) is 4.55 Å². The summed E-state index contributed by atoms with van der Waals surface area (Å²) in [6, 6.07) is 4.22. The second-order valence-corrected chi connectivity index (χ2v) is 11.9. The molecule has 0 fully saturated rings. The Hall–Kier alpha value is -0.800. The molecule has 0 aliphatic carbocycles. The molecule has 0 spiro atoms. The van der Waals surface area contributed by atoms with E-state index in [1.807, 2.05) is 0 Å². The quantitative estimate of drug-likeness (QED) is 0.0845. The monoisotopic (exact) mass is 566 g/mol. The summed E-state index contributed by atoms with van der Waals surface area (Å²) in [6.07, 6.45) is 22.6. The van der Waals surface area contributed by atoms with Crippen LogP contribution in [0.15, 0.2) is 35.2 Å². The maximum absolute atomic E-state index is 11.4. The summed E-state index contributed by atoms with van der Waals surface area (Å²) in [6.45, 7) is 2.25. The highest BCUT2D eigenvalue weighted by Gasteiger charge is 2.19. The predicted molar refractivity (Wildman–Crippen MR) is 134 cm³/mol. The number of allylic oxidation sites excluding steroid dienone is 2. The van der Waals surface area contributed by atoms with Gasteiger partial charge < -0.3 is 0 Å². The van der Waals surface area contributed by atoms with Crippen LogP contribution in [0.4, 0.5) is 0 Å². The van der Waals surface area contributed by atoms with Gasteiger partial charge in [-0.2, -0.15) is 8.42 Å². The highest BCUT2D eigenvalue weighted by molar-refractivity contribution is 14.2. The van der Waals surface area contributed by atoms with E-state index in [9.17, 15) is 19.1 Å². The molecule has 31 heavy (non-hydrogen) atoms. The van der Waals surface area contributed by atoms with E-state index in [4.69, 9.17) is 0 Å². The third-order valence-electron chi connectivity index (χ3n) is 5.42. The van der Waals surface area contributed by atoms with E-state index < -0.39 is 34.8 Å². The van der Waals surface area contributed by atoms with Crippen LogP contribution in [-0.4, -0.2) is 13.0 Å². The predicted octanol–water partition coefficient (Wildman–Crippen LogP) is 7.88. The number of unbranched alkanes of at least 4 members (excludes halogenated alkanes) is 12. The van der Waals surface area contributed by atoms with Crippen LogP contribution in [-0.2, 0) is 22.7 Å². The van der Waals surface area contributed by atoms with E-state index in [1.54, 1.807) is 6.07 Å². The van der Waals surface area contributed by atoms with E-state index in [2.05, 4.69) is 19.1 Å². The van der Waals surface area contributed by atoms with Gasteiger partial charge in [-0.05, 0) is 56.2 Å². The maximum Gasteiger partial charge on any atom is 0.342 e. The van der Waals surface area contributed by atoms with E-state index in [1.165, 1.54) is 69.9 Å². The molecular weight excluding hydrogens is 527 g/mol. The molecule has 7 heteroatoms. The Labute approximate surface area is 196 Å². The minimum Gasteiger partial charge on any atom is -0.282 e. The lowest BCUT2D eigenvalue weighted by Crippen LogP contribution is -2.02. The average Bonchev–Trinajstić information content (AvgIpc) is 2.72. The molecule has 0 saturated heterocycles. The van der Waals surface area contributed by atoms with Crippen LogP contribution in [0.2, 0.25) is 0 Å². The second kappa shape index (κ2) is 16.8. The summed E-state index contributed by atoms with van der Waals surface area (Å²) in [5, 5.41) is 0. The van der Waals surface area contributed by atoms with Crippen molar-refractivity contribution in [2.45, 2.75) is 108 Å². The molecule has 1 rings (SSSR count). The summed E-state index contributed by atoms with van der Waals surface area (Å²) in [7, 11) is -4.53. The third-order valence-corrected chi connectivity index (χ3v) is 8.57. The van der Waals surface area contributed by atoms with Gasteiger partial charge in [0.05, 0.1) is 3.57 Å². The van der Waals surface area contributed by atoms with E-state index >= 15 is 0 Å². The highest BCUT2D eigenvalue weighted by atomic mass is 127. The summed E-state index contributed by atoms with van der Waals surface area (Å²) >= 11 is -3.98. The molecule has 0 saturated carbocycles. The van der Waals surface area contributed by atoms with Gasteiger partial charge in [0, 0.05) is 0 Å². The number of halogens is 1. The Morgan fingerprint density at radius 1 is 0.806 bits per heavy atom. The number of benzene rings is 1. The van der Waals surface area contributed by atoms with Gasteiger partial charge in [0.25, 0.3) is 10.1 Å². The largest absolute Gasteiger partial charge is 0.342 e. The van der Waals surface area contributed by atoms with Crippen LogP contribution in [0.3, 0.4) is 0 Å². The van der Waals surface area contributed by atoms with Crippen LogP contribution in [0.1, 0.15) is 102 Å². The second-order valence-electron chi connectivity index (χ2n) is 8.14. The first-order valence-corrected chi connectivity index (χ1v) is 15.9. The van der Waals surface area contributed by atoms with Crippen LogP contribution >= 0.6 is 19.8 Å². The fraction of sp³-hybridized carbons (Fsp3) is 0.667. The minimum atomic E-state index is -4.53. The SMILES string of the molecule is CCCCCCCCCCC=CCCCCCCc1ccc(I(=O)=O)c(S(=O)(=O)O)c1. The molecule has 0 aliphatic heterocycles. The number of hydrogen-bond donors (Lipinski definition) is 1. The first kappa shape index (κ1) is 28.2. The van der Waals surface area contributed by atoms with Crippen LogP contribution in [0, 0.1) is 3.57 Å². The number of hydrogen-bond acceptors (Lipinski definition) is 4. The Morgan fingerprint density at radius 3 is 1.84 bits per heavy atom. The van der Waals surface area contributed by atoms with Crippen molar-refractivity contribution < 1.29 is 19.1 Å². The number of rotatable bonds is 18. The Kier molecular flexibility index (Phi) is 15.3. The standard InChI is InChI=1S/C24H39IO5S/c1-2-3-4-5-6-7-8-9-10-11-12-13-14-15-16-17-18-22-19-20-23(25(26)27)24(21-22)31(28,29)30/h11-12,19-21H,2-10,13-18H2,1H3,(H,28,29,30). The zero-order valence-corrected chi connectivity index (χ0v) is 21.8. The van der Waals surface area contributed by atoms with Crippen LogP contribution < -0.4 is 0 Å². The first-order chi connectivity index (χ1) is 14.9. The molecule has 178 valence electrons. The molecular formula is C24H39IO5S. The maximum atomic E-state index is 11.4. The van der Waals surface area contributed by atoms with Gasteiger partial charge >= 0.3 is 19.8 Å². The van der Waals surface area contributed by atoms with E-state index in [0.717, 1.165) is 37.7 Å². The van der Waals surface area contributed by atoms with Gasteiger partial charge in [0.2, 0.25) is 0 Å². The first-order valence-electron chi connectivity index (χ1n) is 11.7. The molecule has 0 radical (unpaired) electrons. The lowest BCUT2D eigenvalue weighted by Gasteiger charge is -2.05. The molecule has 0 amide bonds. The van der Waals surface area contributed by atoms with Crippen molar-refractivity contribution in [1.29, 1.82) is 0 Å². The average molecular weight is 567 g/mol.